The number of carbonyl (C=O) groups is 1. The van der Waals surface area contributed by atoms with E-state index < -0.39 is 11.6 Å². The maximum Gasteiger partial charge on any atom is 0.260 e. The fraction of sp³-hybridized carbons (Fsp3) is 0.292. The fourth-order valence-corrected chi connectivity index (χ4v) is 3.74. The van der Waals surface area contributed by atoms with Gasteiger partial charge in [0.05, 0.1) is 17.8 Å². The third-order valence-corrected chi connectivity index (χ3v) is 5.95. The van der Waals surface area contributed by atoms with Crippen LogP contribution in [0.3, 0.4) is 0 Å². The number of aliphatic hydroxyl groups is 1. The Morgan fingerprint density at radius 2 is 2.03 bits per heavy atom. The molecule has 1 aliphatic carbocycles. The average Bonchev–Trinajstić information content (AvgIpc) is 3.46. The standard InChI is InChI=1S/C24H27ClN6O4/c1-5-15-16(26-2)7-8-17(21(15)25)27-23-28-22(30-31(23)3)14-6-9-18(19(12-14)34-4)35-13-20(32)29-24(33)10-11-24/h5-9,12,26,33H,1,10-11,13H2,2-4H3,(H,29,32)(H,27,28,30). The molecule has 0 atom stereocenters. The van der Waals surface area contributed by atoms with Crippen molar-refractivity contribution < 1.29 is 19.4 Å². The first-order valence-corrected chi connectivity index (χ1v) is 11.3. The minimum atomic E-state index is -1.09. The number of halogens is 1. The number of ether oxygens (including phenoxy) is 2. The van der Waals surface area contributed by atoms with Crippen LogP contribution >= 0.6 is 11.6 Å². The molecule has 1 fully saturated rings. The molecule has 0 unspecified atom stereocenters. The van der Waals surface area contributed by atoms with E-state index in [0.29, 0.717) is 52.4 Å². The first kappa shape index (κ1) is 24.4. The Kier molecular flexibility index (Phi) is 6.86. The molecule has 1 saturated carbocycles. The Morgan fingerprint density at radius 3 is 2.69 bits per heavy atom. The van der Waals surface area contributed by atoms with Gasteiger partial charge in [-0.1, -0.05) is 24.3 Å². The van der Waals surface area contributed by atoms with Crippen molar-refractivity contribution in [1.29, 1.82) is 0 Å². The van der Waals surface area contributed by atoms with E-state index in [0.717, 1.165) is 11.3 Å². The highest BCUT2D eigenvalue weighted by Crippen LogP contribution is 2.36. The average molecular weight is 499 g/mol. The Bertz CT molecular complexity index is 1270. The summed E-state index contributed by atoms with van der Waals surface area (Å²) in [4.78, 5) is 16.6. The number of aryl methyl sites for hydroxylation is 1. The highest BCUT2D eigenvalue weighted by molar-refractivity contribution is 6.35. The summed E-state index contributed by atoms with van der Waals surface area (Å²) < 4.78 is 12.6. The third-order valence-electron chi connectivity index (χ3n) is 5.54. The van der Waals surface area contributed by atoms with Crippen LogP contribution < -0.4 is 25.4 Å². The van der Waals surface area contributed by atoms with Gasteiger partial charge in [0.2, 0.25) is 5.95 Å². The van der Waals surface area contributed by atoms with E-state index >= 15 is 0 Å². The number of rotatable bonds is 10. The van der Waals surface area contributed by atoms with Gasteiger partial charge in [0.1, 0.15) is 5.72 Å². The summed E-state index contributed by atoms with van der Waals surface area (Å²) in [7, 11) is 5.09. The van der Waals surface area contributed by atoms with Gasteiger partial charge in [-0.25, -0.2) is 4.68 Å². The van der Waals surface area contributed by atoms with Crippen LogP contribution in [0.1, 0.15) is 18.4 Å². The van der Waals surface area contributed by atoms with Gasteiger partial charge in [-0.3, -0.25) is 4.79 Å². The molecule has 2 aromatic carbocycles. The SMILES string of the molecule is C=Cc1c(NC)ccc(Nc2nc(-c3ccc(OCC(=O)NC4(O)CC4)c(OC)c3)nn2C)c1Cl. The lowest BCUT2D eigenvalue weighted by Gasteiger charge is -2.13. The maximum absolute atomic E-state index is 12.0. The fourth-order valence-electron chi connectivity index (χ4n) is 3.45. The smallest absolute Gasteiger partial charge is 0.260 e. The van der Waals surface area contributed by atoms with Crippen molar-refractivity contribution in [3.63, 3.8) is 0 Å². The van der Waals surface area contributed by atoms with Crippen LogP contribution in [0.15, 0.2) is 36.9 Å². The van der Waals surface area contributed by atoms with E-state index in [1.165, 1.54) is 7.11 Å². The molecule has 1 aromatic heterocycles. The normalized spacial score (nSPS) is 13.6. The van der Waals surface area contributed by atoms with Crippen molar-refractivity contribution in [2.45, 2.75) is 18.6 Å². The lowest BCUT2D eigenvalue weighted by atomic mass is 10.1. The van der Waals surface area contributed by atoms with E-state index in [2.05, 4.69) is 32.6 Å². The Hall–Kier alpha value is -3.76. The topological polar surface area (TPSA) is 123 Å². The molecular formula is C24H27ClN6O4. The van der Waals surface area contributed by atoms with E-state index in [1.807, 2.05) is 19.2 Å². The van der Waals surface area contributed by atoms with Gasteiger partial charge in [0, 0.05) is 30.9 Å². The molecule has 0 spiro atoms. The Balaban J connectivity index is 1.51. The van der Waals surface area contributed by atoms with Gasteiger partial charge in [-0.05, 0) is 43.2 Å². The number of carbonyl (C=O) groups excluding carboxylic acids is 1. The highest BCUT2D eigenvalue weighted by atomic mass is 35.5. The van der Waals surface area contributed by atoms with Crippen LogP contribution in [-0.4, -0.2) is 52.3 Å². The van der Waals surface area contributed by atoms with Crippen molar-refractivity contribution in [3.05, 3.63) is 47.5 Å². The Morgan fingerprint density at radius 1 is 1.29 bits per heavy atom. The zero-order valence-corrected chi connectivity index (χ0v) is 20.4. The molecule has 0 radical (unpaired) electrons. The van der Waals surface area contributed by atoms with E-state index in [-0.39, 0.29) is 6.61 Å². The van der Waals surface area contributed by atoms with Crippen LogP contribution in [0, 0.1) is 0 Å². The van der Waals surface area contributed by atoms with Gasteiger partial charge in [0.25, 0.3) is 5.91 Å². The van der Waals surface area contributed by atoms with E-state index in [9.17, 15) is 9.90 Å². The van der Waals surface area contributed by atoms with Gasteiger partial charge in [0.15, 0.2) is 23.9 Å². The number of aromatic nitrogens is 3. The number of nitrogens with one attached hydrogen (secondary N) is 3. The molecule has 35 heavy (non-hydrogen) atoms. The lowest BCUT2D eigenvalue weighted by Crippen LogP contribution is -2.39. The molecule has 3 aromatic rings. The van der Waals surface area contributed by atoms with E-state index in [1.54, 1.807) is 36.0 Å². The quantitative estimate of drug-likeness (QED) is 0.313. The van der Waals surface area contributed by atoms with Gasteiger partial charge < -0.3 is 30.5 Å². The van der Waals surface area contributed by atoms with Crippen molar-refractivity contribution in [2.24, 2.45) is 7.05 Å². The van der Waals surface area contributed by atoms with Crippen LogP contribution in [0.25, 0.3) is 17.5 Å². The molecule has 184 valence electrons. The van der Waals surface area contributed by atoms with E-state index in [4.69, 9.17) is 21.1 Å². The molecule has 4 N–H and O–H groups in total. The zero-order valence-electron chi connectivity index (χ0n) is 19.7. The predicted octanol–water partition coefficient (Wildman–Crippen LogP) is 3.55. The second kappa shape index (κ2) is 9.85. The molecule has 1 aliphatic rings. The molecule has 1 amide bonds. The van der Waals surface area contributed by atoms with Gasteiger partial charge in [-0.15, -0.1) is 5.10 Å². The summed E-state index contributed by atoms with van der Waals surface area (Å²) in [5, 5.41) is 23.6. The second-order valence-corrected chi connectivity index (χ2v) is 8.46. The van der Waals surface area contributed by atoms with Gasteiger partial charge >= 0.3 is 0 Å². The van der Waals surface area contributed by atoms with Crippen LogP contribution in [0.2, 0.25) is 5.02 Å². The molecule has 0 aliphatic heterocycles. The van der Waals surface area contributed by atoms with Crippen molar-refractivity contribution in [3.8, 4) is 22.9 Å². The van der Waals surface area contributed by atoms with Crippen LogP contribution in [0.4, 0.5) is 17.3 Å². The number of hydrogen-bond donors (Lipinski definition) is 4. The maximum atomic E-state index is 12.0. The second-order valence-electron chi connectivity index (χ2n) is 8.08. The summed E-state index contributed by atoms with van der Waals surface area (Å²) >= 11 is 6.56. The number of benzene rings is 2. The minimum Gasteiger partial charge on any atom is -0.493 e. The molecular weight excluding hydrogens is 472 g/mol. The number of hydrogen-bond acceptors (Lipinski definition) is 8. The van der Waals surface area contributed by atoms with Crippen molar-refractivity contribution in [2.75, 3.05) is 31.4 Å². The third kappa shape index (κ3) is 5.33. The number of methoxy groups -OCH3 is 1. The predicted molar refractivity (Wildman–Crippen MR) is 135 cm³/mol. The first-order valence-electron chi connectivity index (χ1n) is 10.9. The summed E-state index contributed by atoms with van der Waals surface area (Å²) in [5.41, 5.74) is 1.92. The minimum absolute atomic E-state index is 0.242. The van der Waals surface area contributed by atoms with Gasteiger partial charge in [-0.2, -0.15) is 4.98 Å². The highest BCUT2D eigenvalue weighted by Gasteiger charge is 2.41. The van der Waals surface area contributed by atoms with Crippen LogP contribution in [-0.2, 0) is 11.8 Å². The molecule has 11 heteroatoms. The summed E-state index contributed by atoms with van der Waals surface area (Å²) in [6.07, 6.45) is 2.79. The summed E-state index contributed by atoms with van der Waals surface area (Å²) in [6.45, 7) is 3.59. The molecule has 4 rings (SSSR count). The molecule has 0 bridgehead atoms. The molecule has 0 saturated heterocycles. The first-order chi connectivity index (χ1) is 16.8. The zero-order chi connectivity index (χ0) is 25.2. The van der Waals surface area contributed by atoms with Crippen LogP contribution in [0.5, 0.6) is 11.5 Å². The number of amides is 1. The molecule has 10 nitrogen and oxygen atoms in total. The number of anilines is 3. The summed E-state index contributed by atoms with van der Waals surface area (Å²) in [6, 6.07) is 8.93. The Labute approximate surface area is 207 Å². The summed E-state index contributed by atoms with van der Waals surface area (Å²) in [5.74, 6) is 1.35. The monoisotopic (exact) mass is 498 g/mol. The van der Waals surface area contributed by atoms with Crippen molar-refractivity contribution >= 4 is 40.9 Å². The molecule has 1 heterocycles. The largest absolute Gasteiger partial charge is 0.493 e. The lowest BCUT2D eigenvalue weighted by molar-refractivity contribution is -0.126. The number of nitrogens with zero attached hydrogens (tertiary/aromatic N) is 3. The van der Waals surface area contributed by atoms with Crippen molar-refractivity contribution in [1.82, 2.24) is 20.1 Å².